The van der Waals surface area contributed by atoms with Crippen molar-refractivity contribution < 1.29 is 0 Å². The van der Waals surface area contributed by atoms with E-state index in [1.165, 1.54) is 40.7 Å². The van der Waals surface area contributed by atoms with Crippen molar-refractivity contribution in [1.82, 2.24) is 10.2 Å². The zero-order valence-electron chi connectivity index (χ0n) is 17.3. The maximum atomic E-state index is 4.73. The van der Waals surface area contributed by atoms with E-state index < -0.39 is 0 Å². The average Bonchev–Trinajstić information content (AvgIpc) is 3.30. The summed E-state index contributed by atoms with van der Waals surface area (Å²) in [5, 5.41) is 3.72. The minimum atomic E-state index is 0.283. The number of rotatable bonds is 5. The third kappa shape index (κ3) is 3.84. The van der Waals surface area contributed by atoms with Gasteiger partial charge in [-0.15, -0.1) is 0 Å². The summed E-state index contributed by atoms with van der Waals surface area (Å²) >= 11 is 0. The number of likely N-dealkylation sites (tertiary alicyclic amines) is 1. The lowest BCUT2D eigenvalue weighted by atomic mass is 10.00. The summed E-state index contributed by atoms with van der Waals surface area (Å²) in [6.45, 7) is 13.2. The molecule has 2 aromatic rings. The smallest absolute Gasteiger partial charge is 0.0912 e. The molecule has 1 fully saturated rings. The Morgan fingerprint density at radius 1 is 1.11 bits per heavy atom. The topological polar surface area (TPSA) is 27.6 Å². The van der Waals surface area contributed by atoms with E-state index in [-0.39, 0.29) is 6.04 Å². The molecule has 2 atom stereocenters. The fourth-order valence-corrected chi connectivity index (χ4v) is 4.33. The van der Waals surface area contributed by atoms with Crippen molar-refractivity contribution in [3.8, 4) is 0 Å². The van der Waals surface area contributed by atoms with Crippen molar-refractivity contribution >= 4 is 17.7 Å². The van der Waals surface area contributed by atoms with Crippen LogP contribution in [0.1, 0.15) is 53.6 Å². The molecule has 28 heavy (non-hydrogen) atoms. The van der Waals surface area contributed by atoms with Crippen LogP contribution in [0, 0.1) is 19.8 Å². The van der Waals surface area contributed by atoms with Crippen molar-refractivity contribution in [3.05, 3.63) is 70.8 Å². The molecule has 1 N–H and O–H groups in total. The van der Waals surface area contributed by atoms with Crippen LogP contribution in [0.5, 0.6) is 0 Å². The number of aliphatic imine (C=N–C) groups is 1. The van der Waals surface area contributed by atoms with Gasteiger partial charge in [-0.05, 0) is 85.0 Å². The Morgan fingerprint density at radius 2 is 1.89 bits per heavy atom. The van der Waals surface area contributed by atoms with Gasteiger partial charge < -0.3 is 10.2 Å². The molecule has 0 aromatic heterocycles. The van der Waals surface area contributed by atoms with Gasteiger partial charge in [0.15, 0.2) is 0 Å². The first kappa shape index (κ1) is 18.8. The summed E-state index contributed by atoms with van der Waals surface area (Å²) in [6.07, 6.45) is 5.67. The Balaban J connectivity index is 1.53. The second-order valence-electron chi connectivity index (χ2n) is 8.45. The van der Waals surface area contributed by atoms with Crippen LogP contribution >= 0.6 is 0 Å². The Hall–Kier alpha value is -2.55. The van der Waals surface area contributed by atoms with Crippen molar-refractivity contribution in [1.29, 1.82) is 0 Å². The van der Waals surface area contributed by atoms with Gasteiger partial charge in [0, 0.05) is 18.8 Å². The summed E-state index contributed by atoms with van der Waals surface area (Å²) < 4.78 is 0. The maximum absolute atomic E-state index is 4.73. The van der Waals surface area contributed by atoms with Crippen molar-refractivity contribution in [2.75, 3.05) is 13.1 Å². The zero-order valence-corrected chi connectivity index (χ0v) is 17.3. The van der Waals surface area contributed by atoms with E-state index in [0.29, 0.717) is 5.92 Å². The average molecular weight is 374 g/mol. The molecule has 146 valence electrons. The molecule has 0 spiro atoms. The molecule has 1 saturated heterocycles. The molecule has 1 aliphatic heterocycles. The summed E-state index contributed by atoms with van der Waals surface area (Å²) in [5.41, 5.74) is 8.64. The second-order valence-corrected chi connectivity index (χ2v) is 8.45. The van der Waals surface area contributed by atoms with E-state index in [1.54, 1.807) is 0 Å². The lowest BCUT2D eigenvalue weighted by Crippen LogP contribution is -2.22. The van der Waals surface area contributed by atoms with E-state index in [1.807, 2.05) is 6.34 Å². The molecule has 0 bridgehead atoms. The SMILES string of the molecule is C=C(N[C@H]1c2cc(N=CN3CCCC3)ccc2CC1C)c1ccc(C)c(C)c1. The highest BCUT2D eigenvalue weighted by molar-refractivity contribution is 5.65. The first-order valence-corrected chi connectivity index (χ1v) is 10.5. The van der Waals surface area contributed by atoms with Crippen LogP contribution in [-0.2, 0) is 6.42 Å². The summed E-state index contributed by atoms with van der Waals surface area (Å²) in [6, 6.07) is 13.5. The molecule has 0 saturated carbocycles. The molecule has 2 aliphatic rings. The predicted molar refractivity (Wildman–Crippen MR) is 119 cm³/mol. The highest BCUT2D eigenvalue weighted by Crippen LogP contribution is 2.39. The molecule has 1 heterocycles. The molecule has 0 amide bonds. The number of fused-ring (bicyclic) bond motifs is 1. The molecule has 1 unspecified atom stereocenters. The maximum Gasteiger partial charge on any atom is 0.0912 e. The van der Waals surface area contributed by atoms with Crippen LogP contribution in [0.25, 0.3) is 5.70 Å². The molecule has 3 nitrogen and oxygen atoms in total. The molecule has 4 rings (SSSR count). The van der Waals surface area contributed by atoms with Crippen LogP contribution < -0.4 is 5.32 Å². The van der Waals surface area contributed by atoms with E-state index in [2.05, 4.69) is 74.0 Å². The van der Waals surface area contributed by atoms with Gasteiger partial charge in [-0.3, -0.25) is 0 Å². The van der Waals surface area contributed by atoms with Crippen LogP contribution in [0.4, 0.5) is 5.69 Å². The Bertz CT molecular complexity index is 906. The molecule has 1 aliphatic carbocycles. The summed E-state index contributed by atoms with van der Waals surface area (Å²) in [4.78, 5) is 7.05. The number of benzene rings is 2. The minimum absolute atomic E-state index is 0.283. The fourth-order valence-electron chi connectivity index (χ4n) is 4.33. The van der Waals surface area contributed by atoms with Crippen LogP contribution in [-0.4, -0.2) is 24.3 Å². The Kier molecular flexibility index (Phi) is 5.25. The van der Waals surface area contributed by atoms with Crippen LogP contribution in [0.3, 0.4) is 0 Å². The van der Waals surface area contributed by atoms with E-state index >= 15 is 0 Å². The monoisotopic (exact) mass is 373 g/mol. The second kappa shape index (κ2) is 7.83. The van der Waals surface area contributed by atoms with Crippen LogP contribution in [0.15, 0.2) is 48.0 Å². The van der Waals surface area contributed by atoms with Crippen molar-refractivity contribution in [2.24, 2.45) is 10.9 Å². The number of hydrogen-bond donors (Lipinski definition) is 1. The van der Waals surface area contributed by atoms with Crippen molar-refractivity contribution in [2.45, 2.75) is 46.1 Å². The van der Waals surface area contributed by atoms with Gasteiger partial charge >= 0.3 is 0 Å². The van der Waals surface area contributed by atoms with Crippen molar-refractivity contribution in [3.63, 3.8) is 0 Å². The number of nitrogens with zero attached hydrogens (tertiary/aromatic N) is 2. The molecular weight excluding hydrogens is 342 g/mol. The normalized spacial score (nSPS) is 21.3. The predicted octanol–water partition coefficient (Wildman–Crippen LogP) is 5.55. The zero-order chi connectivity index (χ0) is 19.7. The standard InChI is InChI=1S/C25H31N3/c1-17-7-8-21(13-18(17)2)20(4)27-25-19(3)14-22-9-10-23(15-24(22)25)26-16-28-11-5-6-12-28/h7-10,13,15-16,19,25,27H,4-6,11-12,14H2,1-3H3/t19?,25-/m1/s1. The molecular formula is C25H31N3. The lowest BCUT2D eigenvalue weighted by molar-refractivity contribution is 0.467. The van der Waals surface area contributed by atoms with Gasteiger partial charge in [0.05, 0.1) is 18.1 Å². The van der Waals surface area contributed by atoms with Gasteiger partial charge in [0.1, 0.15) is 0 Å². The van der Waals surface area contributed by atoms with Gasteiger partial charge in [-0.2, -0.15) is 0 Å². The van der Waals surface area contributed by atoms with Crippen LogP contribution in [0.2, 0.25) is 0 Å². The first-order chi connectivity index (χ1) is 13.5. The van der Waals surface area contributed by atoms with E-state index in [4.69, 9.17) is 4.99 Å². The minimum Gasteiger partial charge on any atom is -0.378 e. The number of nitrogens with one attached hydrogen (secondary N) is 1. The first-order valence-electron chi connectivity index (χ1n) is 10.5. The third-order valence-corrected chi connectivity index (χ3v) is 6.27. The fraction of sp³-hybridized carbons (Fsp3) is 0.400. The third-order valence-electron chi connectivity index (χ3n) is 6.27. The Morgan fingerprint density at radius 3 is 2.64 bits per heavy atom. The summed E-state index contributed by atoms with van der Waals surface area (Å²) in [7, 11) is 0. The van der Waals surface area contributed by atoms with Gasteiger partial charge in [0.25, 0.3) is 0 Å². The van der Waals surface area contributed by atoms with Gasteiger partial charge in [-0.25, -0.2) is 4.99 Å². The molecule has 0 radical (unpaired) electrons. The molecule has 3 heteroatoms. The largest absolute Gasteiger partial charge is 0.378 e. The highest BCUT2D eigenvalue weighted by atomic mass is 15.2. The lowest BCUT2D eigenvalue weighted by Gasteiger charge is -2.22. The summed E-state index contributed by atoms with van der Waals surface area (Å²) in [5.74, 6) is 0.538. The van der Waals surface area contributed by atoms with E-state index in [0.717, 1.165) is 30.9 Å². The molecule has 2 aromatic carbocycles. The number of aryl methyl sites for hydroxylation is 2. The van der Waals surface area contributed by atoms with Gasteiger partial charge in [-0.1, -0.05) is 31.7 Å². The van der Waals surface area contributed by atoms with Gasteiger partial charge in [0.2, 0.25) is 0 Å². The Labute approximate surface area is 169 Å². The number of hydrogen-bond acceptors (Lipinski definition) is 2. The quantitative estimate of drug-likeness (QED) is 0.549. The highest BCUT2D eigenvalue weighted by Gasteiger charge is 2.30. The van der Waals surface area contributed by atoms with E-state index in [9.17, 15) is 0 Å².